The van der Waals surface area contributed by atoms with Crippen molar-refractivity contribution in [3.63, 3.8) is 0 Å². The molecule has 0 saturated heterocycles. The van der Waals surface area contributed by atoms with Gasteiger partial charge < -0.3 is 74.3 Å². The normalized spacial score (nSPS) is 10.6. The highest BCUT2D eigenvalue weighted by atomic mass is 35.5. The van der Waals surface area contributed by atoms with E-state index in [1.807, 2.05) is 114 Å². The number of alkyl halides is 1. The number of para-hydroxylation sites is 4. The maximum absolute atomic E-state index is 9.81. The molecule has 20 nitrogen and oxygen atoms in total. The van der Waals surface area contributed by atoms with Crippen molar-refractivity contribution in [3.05, 3.63) is 145 Å². The number of benzene rings is 6. The van der Waals surface area contributed by atoms with Gasteiger partial charge in [0, 0.05) is 85.3 Å². The zero-order valence-electron chi connectivity index (χ0n) is 46.8. The van der Waals surface area contributed by atoms with Gasteiger partial charge in [-0.25, -0.2) is 0 Å². The summed E-state index contributed by atoms with van der Waals surface area (Å²) in [6.45, 7) is 4.05. The number of nitrogens with one attached hydrogen (secondary N) is 3. The molecule has 8 aromatic rings. The summed E-state index contributed by atoms with van der Waals surface area (Å²) < 4.78 is 45.6. The van der Waals surface area contributed by atoms with Crippen molar-refractivity contribution < 1.29 is 58.3 Å². The van der Waals surface area contributed by atoms with Crippen molar-refractivity contribution in [2.45, 2.75) is 12.8 Å². The lowest BCUT2D eigenvalue weighted by Gasteiger charge is -2.20. The zero-order valence-corrected chi connectivity index (χ0v) is 47.5. The number of anilines is 4. The minimum Gasteiger partial charge on any atom is -0.493 e. The summed E-state index contributed by atoms with van der Waals surface area (Å²) in [7, 11) is 6.34. The third kappa shape index (κ3) is 18.6. The predicted octanol–water partition coefficient (Wildman–Crippen LogP) is 9.94. The molecule has 0 aliphatic heterocycles. The van der Waals surface area contributed by atoms with E-state index in [1.165, 1.54) is 6.20 Å². The molecule has 2 aromatic heterocycles. The average molecular weight is 1150 g/mol. The number of pyridine rings is 2. The van der Waals surface area contributed by atoms with Gasteiger partial charge in [-0.05, 0) is 97.8 Å². The van der Waals surface area contributed by atoms with E-state index in [-0.39, 0.29) is 26.4 Å². The molecule has 0 saturated carbocycles. The zero-order chi connectivity index (χ0) is 59.2. The largest absolute Gasteiger partial charge is 0.493 e. The van der Waals surface area contributed by atoms with E-state index in [0.717, 1.165) is 16.8 Å². The molecule has 0 spiro atoms. The van der Waals surface area contributed by atoms with E-state index in [9.17, 15) is 20.7 Å². The lowest BCUT2D eigenvalue weighted by Crippen LogP contribution is -2.31. The number of methoxy groups -OCH3 is 4. The van der Waals surface area contributed by atoms with Crippen LogP contribution in [0.25, 0.3) is 21.8 Å². The Morgan fingerprint density at radius 1 is 0.494 bits per heavy atom. The summed E-state index contributed by atoms with van der Waals surface area (Å²) in [6, 6.07) is 41.3. The number of nitrogens with zero attached hydrogens (tertiary/aromatic N) is 5. The van der Waals surface area contributed by atoms with Gasteiger partial charge in [0.05, 0.1) is 102 Å². The van der Waals surface area contributed by atoms with Crippen molar-refractivity contribution in [1.29, 1.82) is 10.5 Å². The van der Waals surface area contributed by atoms with Crippen molar-refractivity contribution >= 4 is 56.2 Å². The first-order valence-electron chi connectivity index (χ1n) is 26.5. The Kier molecular flexibility index (Phi) is 26.3. The smallest absolute Gasteiger partial charge is 0.169 e. The minimum atomic E-state index is 0.0346. The van der Waals surface area contributed by atoms with Gasteiger partial charge >= 0.3 is 0 Å². The number of ether oxygens (including phenoxy) is 8. The Morgan fingerprint density at radius 3 is 1.28 bits per heavy atom. The molecule has 436 valence electrons. The second-order valence-corrected chi connectivity index (χ2v) is 18.1. The lowest BCUT2D eigenvalue weighted by molar-refractivity contribution is 0.152. The molecule has 0 aliphatic carbocycles. The highest BCUT2D eigenvalue weighted by Gasteiger charge is 2.18. The Bertz CT molecular complexity index is 3350. The number of hydrogen-bond acceptors (Lipinski definition) is 20. The van der Waals surface area contributed by atoms with Crippen LogP contribution in [0.2, 0.25) is 0 Å². The van der Waals surface area contributed by atoms with Gasteiger partial charge in [-0.1, -0.05) is 24.3 Å². The predicted molar refractivity (Wildman–Crippen MR) is 320 cm³/mol. The first kappa shape index (κ1) is 63.4. The molecule has 2 heterocycles. The maximum Gasteiger partial charge on any atom is 0.169 e. The van der Waals surface area contributed by atoms with Gasteiger partial charge in [0.2, 0.25) is 0 Å². The first-order valence-corrected chi connectivity index (χ1v) is 27.1. The fraction of sp³-hybridized carbons (Fsp3) is 0.290. The first-order chi connectivity index (χ1) is 40.7. The number of hydrogen-bond donors (Lipinski definition) is 7. The molecule has 7 N–H and O–H groups in total. The number of nitriles is 2. The third-order valence-corrected chi connectivity index (χ3v) is 12.5. The number of aliphatic hydroxyl groups excluding tert-OH is 4. The summed E-state index contributed by atoms with van der Waals surface area (Å²) in [5.74, 6) is 6.50. The molecule has 8 rings (SSSR count). The molecule has 0 fully saturated rings. The number of aromatic nitrogens is 2. The van der Waals surface area contributed by atoms with Crippen LogP contribution >= 0.6 is 11.6 Å². The van der Waals surface area contributed by atoms with Crippen molar-refractivity contribution in [1.82, 2.24) is 20.2 Å². The van der Waals surface area contributed by atoms with E-state index in [1.54, 1.807) is 46.8 Å². The molecule has 0 aliphatic rings. The van der Waals surface area contributed by atoms with Gasteiger partial charge in [-0.2, -0.15) is 10.5 Å². The van der Waals surface area contributed by atoms with Gasteiger partial charge in [-0.3, -0.25) is 14.9 Å². The van der Waals surface area contributed by atoms with Crippen molar-refractivity contribution in [3.8, 4) is 69.6 Å². The Hall–Kier alpha value is -8.83. The van der Waals surface area contributed by atoms with E-state index < -0.39 is 0 Å². The fourth-order valence-electron chi connectivity index (χ4n) is 8.15. The summed E-state index contributed by atoms with van der Waals surface area (Å²) >= 11 is 5.76. The van der Waals surface area contributed by atoms with Crippen LogP contribution in [0.3, 0.4) is 0 Å². The Labute approximate surface area is 487 Å². The van der Waals surface area contributed by atoms with E-state index in [2.05, 4.69) is 38.1 Å². The number of aliphatic hydroxyl groups is 4. The summed E-state index contributed by atoms with van der Waals surface area (Å²) in [5.41, 5.74) is 4.87. The topological polar surface area (TPSA) is 267 Å². The van der Waals surface area contributed by atoms with E-state index in [4.69, 9.17) is 59.7 Å². The molecule has 0 radical (unpaired) electrons. The second kappa shape index (κ2) is 34.5. The molecule has 0 atom stereocenters. The van der Waals surface area contributed by atoms with E-state index >= 15 is 0 Å². The monoisotopic (exact) mass is 1150 g/mol. The van der Waals surface area contributed by atoms with Crippen LogP contribution in [-0.2, 0) is 0 Å². The highest BCUT2D eigenvalue weighted by Crippen LogP contribution is 2.40. The average Bonchev–Trinajstić information content (AvgIpc) is 3.69. The van der Waals surface area contributed by atoms with Gasteiger partial charge in [0.25, 0.3) is 0 Å². The van der Waals surface area contributed by atoms with Crippen LogP contribution in [0.15, 0.2) is 134 Å². The molecule has 83 heavy (non-hydrogen) atoms. The summed E-state index contributed by atoms with van der Waals surface area (Å²) in [6.07, 6.45) is 4.49. The Morgan fingerprint density at radius 2 is 0.904 bits per heavy atom. The fourth-order valence-corrected chi connectivity index (χ4v) is 8.26. The minimum absolute atomic E-state index is 0.0346. The molecular weight excluding hydrogens is 1080 g/mol. The quantitative estimate of drug-likeness (QED) is 0.0170. The SMILES string of the molecule is COc1cc2c(Nc3ccc(Oc4ccccc4OC)cc3)c(C#N)cnc2cc1OCCCCl.COc1cc2c(Nc3ccc(Oc4ccccc4OC)cc3)c(C#N)cnc2cc1OCCCN(CCO)CCO.OCCNCCO. The van der Waals surface area contributed by atoms with Gasteiger partial charge in [-0.15, -0.1) is 11.6 Å². The summed E-state index contributed by atoms with van der Waals surface area (Å²) in [4.78, 5) is 10.9. The number of halogens is 1. The summed E-state index contributed by atoms with van der Waals surface area (Å²) in [5, 5.41) is 65.1. The van der Waals surface area contributed by atoms with Crippen LogP contribution < -0.4 is 53.8 Å². The second-order valence-electron chi connectivity index (χ2n) is 17.7. The molecular formula is C62H69ClN8O12. The van der Waals surface area contributed by atoms with Crippen LogP contribution in [-0.4, -0.2) is 142 Å². The van der Waals surface area contributed by atoms with Crippen LogP contribution in [0.1, 0.15) is 24.0 Å². The van der Waals surface area contributed by atoms with Crippen LogP contribution in [0, 0.1) is 22.7 Å². The molecule has 0 amide bonds. The third-order valence-electron chi connectivity index (χ3n) is 12.2. The Balaban J connectivity index is 0.000000241. The maximum atomic E-state index is 9.81. The highest BCUT2D eigenvalue weighted by molar-refractivity contribution is 6.17. The molecule has 0 bridgehead atoms. The standard InChI is InChI=1S/C31H34N4O6.C27H24ClN3O4.C4H11NO2/c1-38-27-6-3-4-7-28(27)41-24-10-8-23(9-11-24)34-31-22(20-32)21-33-26-19-30(29(39-2)18-25(26)31)40-17-5-12-35(13-15-36)14-16-37;1-32-23-6-3-4-7-24(23)35-20-10-8-19(9-11-20)31-27-18(16-29)17-30-22-15-26(34-13-5-12-28)25(33-2)14-21(22)27;6-3-1-5-2-4-7/h3-4,6-11,18-19,21,36-37H,5,12-17H2,1-2H3,(H,33,34);3-4,6-11,14-15,17H,5,12-13H2,1-2H3,(H,30,31);5-7H,1-4H2. The van der Waals surface area contributed by atoms with E-state index in [0.29, 0.717) is 161 Å². The molecule has 21 heteroatoms. The molecule has 0 unspecified atom stereocenters. The number of fused-ring (bicyclic) bond motifs is 2. The van der Waals surface area contributed by atoms with Crippen LogP contribution in [0.5, 0.6) is 57.5 Å². The van der Waals surface area contributed by atoms with Gasteiger partial charge in [0.15, 0.2) is 46.0 Å². The lowest BCUT2D eigenvalue weighted by atomic mass is 10.1. The van der Waals surface area contributed by atoms with Gasteiger partial charge in [0.1, 0.15) is 23.6 Å². The molecule has 6 aromatic carbocycles. The van der Waals surface area contributed by atoms with Crippen molar-refractivity contribution in [2.75, 3.05) is 117 Å². The number of rotatable bonds is 29. The van der Waals surface area contributed by atoms with Crippen molar-refractivity contribution in [2.24, 2.45) is 0 Å². The van der Waals surface area contributed by atoms with Crippen LogP contribution in [0.4, 0.5) is 22.7 Å².